The summed E-state index contributed by atoms with van der Waals surface area (Å²) < 4.78 is 15.8. The lowest BCUT2D eigenvalue weighted by Crippen LogP contribution is -2.51. The molecule has 0 saturated carbocycles. The molecule has 2 aromatic rings. The highest BCUT2D eigenvalue weighted by Crippen LogP contribution is 2.08. The Bertz CT molecular complexity index is 1040. The minimum atomic E-state index is -0.990. The Morgan fingerprint density at radius 2 is 1.34 bits per heavy atom. The van der Waals surface area contributed by atoms with E-state index < -0.39 is 41.7 Å². The van der Waals surface area contributed by atoms with Crippen LogP contribution in [-0.4, -0.2) is 48.3 Å². The fourth-order valence-corrected chi connectivity index (χ4v) is 3.19. The molecule has 0 saturated heterocycles. The summed E-state index contributed by atoms with van der Waals surface area (Å²) in [7, 11) is 0. The van der Waals surface area contributed by atoms with Crippen LogP contribution >= 0.6 is 0 Å². The Morgan fingerprint density at radius 3 is 1.89 bits per heavy atom. The lowest BCUT2D eigenvalue weighted by Gasteiger charge is -2.21. The molecule has 10 nitrogen and oxygen atoms in total. The van der Waals surface area contributed by atoms with E-state index in [4.69, 9.17) is 14.2 Å². The van der Waals surface area contributed by atoms with Crippen molar-refractivity contribution in [2.24, 2.45) is 0 Å². The monoisotopic (exact) mass is 527 g/mol. The Labute approximate surface area is 223 Å². The zero-order valence-corrected chi connectivity index (χ0v) is 22.3. The van der Waals surface area contributed by atoms with Gasteiger partial charge in [0.25, 0.3) is 0 Å². The van der Waals surface area contributed by atoms with Gasteiger partial charge in [-0.15, -0.1) is 0 Å². The summed E-state index contributed by atoms with van der Waals surface area (Å²) in [6.45, 7) is 7.08. The minimum absolute atomic E-state index is 0.0435. The number of amides is 3. The number of carbonyl (C=O) groups excluding carboxylic acids is 4. The standard InChI is InChI=1S/C28H37N3O7/c1-20(30-27(35)37-19-22-14-9-6-10-15-22)24(32)31-23(16-11-17-29-26(34)38-28(2,3)4)25(33)36-18-21-12-7-5-8-13-21/h5-10,12-15,20,23H,11,16-19H2,1-4H3,(H,29,34)(H,30,35)(H,31,32)/t20-,23-/m0/s1. The van der Waals surface area contributed by atoms with E-state index in [1.165, 1.54) is 6.92 Å². The van der Waals surface area contributed by atoms with Gasteiger partial charge in [0.2, 0.25) is 5.91 Å². The zero-order valence-electron chi connectivity index (χ0n) is 22.3. The van der Waals surface area contributed by atoms with Crippen LogP contribution in [0.2, 0.25) is 0 Å². The fraction of sp³-hybridized carbons (Fsp3) is 0.429. The van der Waals surface area contributed by atoms with Crippen LogP contribution in [0.4, 0.5) is 9.59 Å². The summed E-state index contributed by atoms with van der Waals surface area (Å²) in [6.07, 6.45) is -0.774. The maximum absolute atomic E-state index is 12.8. The molecular weight excluding hydrogens is 490 g/mol. The average molecular weight is 528 g/mol. The topological polar surface area (TPSA) is 132 Å². The van der Waals surface area contributed by atoms with Crippen LogP contribution in [0, 0.1) is 0 Å². The molecule has 38 heavy (non-hydrogen) atoms. The molecule has 2 atom stereocenters. The first kappa shape index (κ1) is 30.1. The number of carbonyl (C=O) groups is 4. The number of benzene rings is 2. The van der Waals surface area contributed by atoms with Crippen molar-refractivity contribution >= 4 is 24.1 Å². The summed E-state index contributed by atoms with van der Waals surface area (Å²) in [6, 6.07) is 16.3. The van der Waals surface area contributed by atoms with E-state index in [9.17, 15) is 19.2 Å². The average Bonchev–Trinajstić information content (AvgIpc) is 2.87. The molecule has 0 fully saturated rings. The van der Waals surface area contributed by atoms with Gasteiger partial charge in [-0.1, -0.05) is 60.7 Å². The van der Waals surface area contributed by atoms with Gasteiger partial charge in [0.05, 0.1) is 0 Å². The maximum Gasteiger partial charge on any atom is 0.408 e. The van der Waals surface area contributed by atoms with Crippen molar-refractivity contribution in [2.45, 2.75) is 71.4 Å². The normalized spacial score (nSPS) is 12.4. The number of hydrogen-bond acceptors (Lipinski definition) is 7. The molecule has 0 spiro atoms. The van der Waals surface area contributed by atoms with E-state index in [1.807, 2.05) is 60.7 Å². The molecule has 0 radical (unpaired) electrons. The molecule has 0 aliphatic rings. The van der Waals surface area contributed by atoms with Gasteiger partial charge in [-0.3, -0.25) is 4.79 Å². The van der Waals surface area contributed by atoms with Crippen LogP contribution in [0.5, 0.6) is 0 Å². The Kier molecular flexibility index (Phi) is 12.1. The highest BCUT2D eigenvalue weighted by molar-refractivity contribution is 5.89. The molecule has 0 aromatic heterocycles. The quantitative estimate of drug-likeness (QED) is 0.217. The summed E-state index contributed by atoms with van der Waals surface area (Å²) in [4.78, 5) is 49.6. The number of hydrogen-bond donors (Lipinski definition) is 3. The third-order valence-electron chi connectivity index (χ3n) is 5.10. The van der Waals surface area contributed by atoms with Crippen molar-refractivity contribution in [3.8, 4) is 0 Å². The van der Waals surface area contributed by atoms with Crippen molar-refractivity contribution in [3.05, 3.63) is 71.8 Å². The number of esters is 1. The van der Waals surface area contributed by atoms with E-state index in [0.29, 0.717) is 6.42 Å². The van der Waals surface area contributed by atoms with E-state index in [2.05, 4.69) is 16.0 Å². The summed E-state index contributed by atoms with van der Waals surface area (Å²) >= 11 is 0. The predicted octanol–water partition coefficient (Wildman–Crippen LogP) is 3.83. The van der Waals surface area contributed by atoms with Crippen LogP contribution in [-0.2, 0) is 37.0 Å². The van der Waals surface area contributed by atoms with Gasteiger partial charge in [-0.05, 0) is 51.7 Å². The van der Waals surface area contributed by atoms with Gasteiger partial charge >= 0.3 is 18.2 Å². The second-order valence-corrected chi connectivity index (χ2v) is 9.65. The first-order valence-electron chi connectivity index (χ1n) is 12.5. The summed E-state index contributed by atoms with van der Waals surface area (Å²) in [5.41, 5.74) is 0.974. The van der Waals surface area contributed by atoms with Crippen LogP contribution < -0.4 is 16.0 Å². The zero-order chi connectivity index (χ0) is 28.0. The van der Waals surface area contributed by atoms with Crippen LogP contribution in [0.3, 0.4) is 0 Å². The van der Waals surface area contributed by atoms with Gasteiger partial charge in [0, 0.05) is 6.54 Å². The smallest absolute Gasteiger partial charge is 0.408 e. The van der Waals surface area contributed by atoms with Crippen LogP contribution in [0.1, 0.15) is 51.7 Å². The highest BCUT2D eigenvalue weighted by Gasteiger charge is 2.26. The highest BCUT2D eigenvalue weighted by atomic mass is 16.6. The molecule has 0 unspecified atom stereocenters. The lowest BCUT2D eigenvalue weighted by atomic mass is 10.1. The Balaban J connectivity index is 1.89. The number of ether oxygens (including phenoxy) is 3. The van der Waals surface area contributed by atoms with Gasteiger partial charge in [-0.2, -0.15) is 0 Å². The largest absolute Gasteiger partial charge is 0.459 e. The van der Waals surface area contributed by atoms with Crippen LogP contribution in [0.15, 0.2) is 60.7 Å². The van der Waals surface area contributed by atoms with E-state index in [0.717, 1.165) is 11.1 Å². The van der Waals surface area contributed by atoms with E-state index in [1.54, 1.807) is 20.8 Å². The molecular formula is C28H37N3O7. The van der Waals surface area contributed by atoms with Gasteiger partial charge in [0.1, 0.15) is 30.9 Å². The second-order valence-electron chi connectivity index (χ2n) is 9.65. The van der Waals surface area contributed by atoms with Crippen molar-refractivity contribution in [3.63, 3.8) is 0 Å². The molecule has 0 heterocycles. The predicted molar refractivity (Wildman–Crippen MR) is 141 cm³/mol. The summed E-state index contributed by atoms with van der Waals surface area (Å²) in [5, 5.41) is 7.71. The summed E-state index contributed by atoms with van der Waals surface area (Å²) in [5.74, 6) is -1.21. The maximum atomic E-state index is 12.8. The third-order valence-corrected chi connectivity index (χ3v) is 5.10. The molecule has 0 aliphatic heterocycles. The van der Waals surface area contributed by atoms with Crippen molar-refractivity contribution in [2.75, 3.05) is 6.54 Å². The number of rotatable bonds is 12. The van der Waals surface area contributed by atoms with Crippen LogP contribution in [0.25, 0.3) is 0 Å². The molecule has 206 valence electrons. The second kappa shape index (κ2) is 15.2. The van der Waals surface area contributed by atoms with Crippen molar-refractivity contribution in [1.29, 1.82) is 0 Å². The third kappa shape index (κ3) is 12.2. The Morgan fingerprint density at radius 1 is 0.789 bits per heavy atom. The molecule has 3 amide bonds. The van der Waals surface area contributed by atoms with E-state index in [-0.39, 0.29) is 26.2 Å². The lowest BCUT2D eigenvalue weighted by molar-refractivity contribution is -0.149. The van der Waals surface area contributed by atoms with E-state index >= 15 is 0 Å². The Hall–Kier alpha value is -4.08. The number of alkyl carbamates (subject to hydrolysis) is 2. The molecule has 2 rings (SSSR count). The minimum Gasteiger partial charge on any atom is -0.459 e. The fourth-order valence-electron chi connectivity index (χ4n) is 3.19. The van der Waals surface area contributed by atoms with Gasteiger partial charge < -0.3 is 30.2 Å². The molecule has 0 aliphatic carbocycles. The molecule has 10 heteroatoms. The molecule has 2 aromatic carbocycles. The molecule has 3 N–H and O–H groups in total. The van der Waals surface area contributed by atoms with Gasteiger partial charge in [0.15, 0.2) is 0 Å². The van der Waals surface area contributed by atoms with Gasteiger partial charge in [-0.25, -0.2) is 14.4 Å². The first-order chi connectivity index (χ1) is 18.0. The SMILES string of the molecule is C[C@H](NC(=O)OCc1ccccc1)C(=O)N[C@@H](CCCNC(=O)OC(C)(C)C)C(=O)OCc1ccccc1. The van der Waals surface area contributed by atoms with Crippen molar-refractivity contribution < 1.29 is 33.4 Å². The first-order valence-corrected chi connectivity index (χ1v) is 12.5. The number of nitrogens with one attached hydrogen (secondary N) is 3. The van der Waals surface area contributed by atoms with Crippen molar-refractivity contribution in [1.82, 2.24) is 16.0 Å². The molecule has 0 bridgehead atoms.